The number of amidine groups is 1. The maximum absolute atomic E-state index is 4.06. The van der Waals surface area contributed by atoms with Gasteiger partial charge in [-0.15, -0.1) is 0 Å². The second kappa shape index (κ2) is 16.8. The lowest BCUT2D eigenvalue weighted by molar-refractivity contribution is 0.695. The summed E-state index contributed by atoms with van der Waals surface area (Å²) in [4.78, 5) is 5.90. The van der Waals surface area contributed by atoms with Crippen molar-refractivity contribution in [2.24, 2.45) is 4.99 Å². The molecule has 0 atom stereocenters. The van der Waals surface area contributed by atoms with Gasteiger partial charge in [-0.1, -0.05) is 53.5 Å². The molecular formula is C15H28N2. The summed E-state index contributed by atoms with van der Waals surface area (Å²) in [5, 5.41) is 0. The number of allylic oxidation sites excluding steroid dienone is 3. The molecule has 0 aliphatic rings. The highest BCUT2D eigenvalue weighted by molar-refractivity contribution is 5.94. The molecular weight excluding hydrogens is 208 g/mol. The zero-order valence-electron chi connectivity index (χ0n) is 12.3. The highest BCUT2D eigenvalue weighted by Crippen LogP contribution is 2.04. The number of hydrogen-bond acceptors (Lipinski definition) is 1. The van der Waals surface area contributed by atoms with E-state index in [0.717, 1.165) is 11.5 Å². The van der Waals surface area contributed by atoms with Crippen LogP contribution in [0.25, 0.3) is 0 Å². The molecule has 17 heavy (non-hydrogen) atoms. The van der Waals surface area contributed by atoms with Crippen molar-refractivity contribution in [3.8, 4) is 0 Å². The molecule has 0 spiro atoms. The smallest absolute Gasteiger partial charge is 0.130 e. The molecule has 0 heterocycles. The van der Waals surface area contributed by atoms with Crippen LogP contribution in [0.2, 0.25) is 0 Å². The van der Waals surface area contributed by atoms with Gasteiger partial charge in [-0.2, -0.15) is 0 Å². The van der Waals surface area contributed by atoms with Gasteiger partial charge in [-0.05, 0) is 19.1 Å². The Kier molecular flexibility index (Phi) is 20.6. The summed E-state index contributed by atoms with van der Waals surface area (Å²) in [6.07, 6.45) is 7.05. The van der Waals surface area contributed by atoms with Gasteiger partial charge in [0, 0.05) is 18.9 Å². The van der Waals surface area contributed by atoms with Crippen molar-refractivity contribution in [1.29, 1.82) is 0 Å². The molecule has 0 aromatic rings. The predicted molar refractivity (Wildman–Crippen MR) is 82.2 cm³/mol. The largest absolute Gasteiger partial charge is 0.307 e. The van der Waals surface area contributed by atoms with Crippen molar-refractivity contribution in [2.45, 2.75) is 34.6 Å². The van der Waals surface area contributed by atoms with E-state index in [9.17, 15) is 0 Å². The predicted octanol–water partition coefficient (Wildman–Crippen LogP) is 4.79. The molecule has 0 aliphatic carbocycles. The van der Waals surface area contributed by atoms with Crippen molar-refractivity contribution < 1.29 is 0 Å². The van der Waals surface area contributed by atoms with Crippen molar-refractivity contribution in [2.75, 3.05) is 7.05 Å². The Morgan fingerprint density at radius 1 is 1.12 bits per heavy atom. The van der Waals surface area contributed by atoms with Crippen LogP contribution in [-0.4, -0.2) is 17.8 Å². The third kappa shape index (κ3) is 10.7. The molecule has 2 heteroatoms. The standard InChI is InChI=1S/C11H16N2.2C2H6/c1-6-8-9-13(10(3)4)11(7-2)12-5;2*1-2/h6-9H,1-3H2,4-5H3;2*1-2H3/b9-8-,12-11?;;. The molecule has 0 unspecified atom stereocenters. The number of aliphatic imine (C=N–C) groups is 1. The molecule has 0 bridgehead atoms. The second-order valence-electron chi connectivity index (χ2n) is 2.47. The number of hydrogen-bond donors (Lipinski definition) is 0. The Morgan fingerprint density at radius 2 is 1.59 bits per heavy atom. The average Bonchev–Trinajstić information content (AvgIpc) is 2.39. The third-order valence-corrected chi connectivity index (χ3v) is 1.44. The molecule has 0 aliphatic heterocycles. The Labute approximate surface area is 108 Å². The first-order valence-electron chi connectivity index (χ1n) is 6.00. The molecule has 0 saturated carbocycles. The summed E-state index contributed by atoms with van der Waals surface area (Å²) in [6.45, 7) is 21.0. The van der Waals surface area contributed by atoms with E-state index < -0.39 is 0 Å². The first-order chi connectivity index (χ1) is 8.17. The first-order valence-corrected chi connectivity index (χ1v) is 6.00. The van der Waals surface area contributed by atoms with Crippen LogP contribution < -0.4 is 0 Å². The normalized spacial score (nSPS) is 9.41. The molecule has 2 nitrogen and oxygen atoms in total. The molecule has 98 valence electrons. The Morgan fingerprint density at radius 3 is 1.82 bits per heavy atom. The van der Waals surface area contributed by atoms with Gasteiger partial charge in [0.2, 0.25) is 0 Å². The van der Waals surface area contributed by atoms with Gasteiger partial charge in [0.25, 0.3) is 0 Å². The summed E-state index contributed by atoms with van der Waals surface area (Å²) in [6, 6.07) is 0. The molecule has 0 rings (SSSR count). The molecule has 0 N–H and O–H groups in total. The maximum Gasteiger partial charge on any atom is 0.130 e. The first kappa shape index (κ1) is 20.8. The summed E-state index contributed by atoms with van der Waals surface area (Å²) in [5.41, 5.74) is 0.888. The van der Waals surface area contributed by atoms with E-state index in [1.165, 1.54) is 0 Å². The SMILES string of the molecule is C=C/C=C\N(C(=C)C)C(C=C)=NC.CC.CC. The monoisotopic (exact) mass is 236 g/mol. The topological polar surface area (TPSA) is 15.6 Å². The van der Waals surface area contributed by atoms with Gasteiger partial charge in [0.05, 0.1) is 0 Å². The fraction of sp³-hybridized carbons (Fsp3) is 0.400. The molecule has 0 aromatic heterocycles. The van der Waals surface area contributed by atoms with Crippen LogP contribution in [-0.2, 0) is 0 Å². The summed E-state index contributed by atoms with van der Waals surface area (Å²) in [7, 11) is 1.72. The third-order valence-electron chi connectivity index (χ3n) is 1.44. The second-order valence-corrected chi connectivity index (χ2v) is 2.47. The van der Waals surface area contributed by atoms with Gasteiger partial charge >= 0.3 is 0 Å². The van der Waals surface area contributed by atoms with E-state index in [1.54, 1.807) is 19.2 Å². The van der Waals surface area contributed by atoms with Crippen molar-refractivity contribution >= 4 is 5.84 Å². The van der Waals surface area contributed by atoms with Crippen LogP contribution in [0.4, 0.5) is 0 Å². The van der Waals surface area contributed by atoms with Crippen molar-refractivity contribution in [1.82, 2.24) is 4.90 Å². The van der Waals surface area contributed by atoms with E-state index >= 15 is 0 Å². The minimum atomic E-state index is 0.769. The summed E-state index contributed by atoms with van der Waals surface area (Å²) >= 11 is 0. The van der Waals surface area contributed by atoms with Gasteiger partial charge in [-0.3, -0.25) is 4.99 Å². The minimum absolute atomic E-state index is 0.769. The van der Waals surface area contributed by atoms with E-state index in [4.69, 9.17) is 0 Å². The molecule has 0 fully saturated rings. The van der Waals surface area contributed by atoms with Crippen LogP contribution >= 0.6 is 0 Å². The van der Waals surface area contributed by atoms with Crippen LogP contribution in [0.5, 0.6) is 0 Å². The highest BCUT2D eigenvalue weighted by atomic mass is 15.2. The van der Waals surface area contributed by atoms with Crippen molar-refractivity contribution in [3.63, 3.8) is 0 Å². The molecule has 0 radical (unpaired) electrons. The zero-order chi connectivity index (χ0) is 14.3. The lowest BCUT2D eigenvalue weighted by Gasteiger charge is -2.19. The van der Waals surface area contributed by atoms with E-state index in [2.05, 4.69) is 24.7 Å². The minimum Gasteiger partial charge on any atom is -0.307 e. The van der Waals surface area contributed by atoms with Crippen LogP contribution in [0, 0.1) is 0 Å². The maximum atomic E-state index is 4.06. The zero-order valence-corrected chi connectivity index (χ0v) is 12.3. The lowest BCUT2D eigenvalue weighted by Crippen LogP contribution is -2.21. The highest BCUT2D eigenvalue weighted by Gasteiger charge is 2.02. The fourth-order valence-electron chi connectivity index (χ4n) is 0.843. The van der Waals surface area contributed by atoms with Crippen molar-refractivity contribution in [3.05, 3.63) is 49.9 Å². The summed E-state index contributed by atoms with van der Waals surface area (Å²) in [5.74, 6) is 0.769. The number of rotatable bonds is 4. The fourth-order valence-corrected chi connectivity index (χ4v) is 0.843. The van der Waals surface area contributed by atoms with Gasteiger partial charge < -0.3 is 4.90 Å². The summed E-state index contributed by atoms with van der Waals surface area (Å²) < 4.78 is 0. The lowest BCUT2D eigenvalue weighted by atomic mass is 10.4. The van der Waals surface area contributed by atoms with E-state index in [0.29, 0.717) is 0 Å². The van der Waals surface area contributed by atoms with Gasteiger partial charge in [0.1, 0.15) is 5.84 Å². The molecule has 0 saturated heterocycles. The Balaban J connectivity index is -0.000000439. The average molecular weight is 236 g/mol. The van der Waals surface area contributed by atoms with E-state index in [1.807, 2.05) is 51.8 Å². The Hall–Kier alpha value is -1.57. The van der Waals surface area contributed by atoms with Crippen LogP contribution in [0.1, 0.15) is 34.6 Å². The van der Waals surface area contributed by atoms with Gasteiger partial charge in [-0.25, -0.2) is 0 Å². The van der Waals surface area contributed by atoms with Crippen LogP contribution in [0.15, 0.2) is 54.9 Å². The molecule has 0 aromatic carbocycles. The Bertz CT molecular complexity index is 260. The van der Waals surface area contributed by atoms with E-state index in [-0.39, 0.29) is 0 Å². The quantitative estimate of drug-likeness (QED) is 0.389. The molecule has 0 amide bonds. The van der Waals surface area contributed by atoms with Gasteiger partial charge in [0.15, 0.2) is 0 Å². The van der Waals surface area contributed by atoms with Crippen LogP contribution in [0.3, 0.4) is 0 Å². The number of nitrogens with zero attached hydrogens (tertiary/aromatic N) is 2.